The number of benzene rings is 3. The number of hydrogen-bond donors (Lipinski definition) is 1. The summed E-state index contributed by atoms with van der Waals surface area (Å²) in [6.45, 7) is 1.44. The number of carboxylic acid groups (broad SMARTS) is 1. The van der Waals surface area contributed by atoms with E-state index in [2.05, 4.69) is 0 Å². The molecule has 5 nitrogen and oxygen atoms in total. The Morgan fingerprint density at radius 3 is 2.20 bits per heavy atom. The number of rotatable bonds is 5. The molecular weight excluding hydrogens is 506 g/mol. The molecule has 0 saturated carbocycles. The van der Waals surface area contributed by atoms with E-state index in [1.807, 2.05) is 0 Å². The normalized spacial score (nSPS) is 13.7. The maximum atomic E-state index is 14.3. The van der Waals surface area contributed by atoms with Crippen LogP contribution < -0.4 is 5.76 Å². The van der Waals surface area contributed by atoms with Crippen LogP contribution in [0.3, 0.4) is 0 Å². The summed E-state index contributed by atoms with van der Waals surface area (Å²) < 4.78 is 49.0. The Labute approximate surface area is 207 Å². The first kappa shape index (κ1) is 24.9. The summed E-state index contributed by atoms with van der Waals surface area (Å²) in [7, 11) is 1.43. The van der Waals surface area contributed by atoms with Crippen molar-refractivity contribution in [2.24, 2.45) is 7.05 Å². The highest BCUT2D eigenvalue weighted by Gasteiger charge is 2.45. The van der Waals surface area contributed by atoms with Crippen molar-refractivity contribution in [3.63, 3.8) is 0 Å². The van der Waals surface area contributed by atoms with E-state index in [9.17, 15) is 22.8 Å². The lowest BCUT2D eigenvalue weighted by atomic mass is 9.81. The molecule has 0 aliphatic carbocycles. The molecule has 0 fully saturated rings. The van der Waals surface area contributed by atoms with Gasteiger partial charge in [-0.25, -0.2) is 9.59 Å². The third-order valence-electron chi connectivity index (χ3n) is 6.05. The van der Waals surface area contributed by atoms with E-state index in [1.54, 1.807) is 12.1 Å². The minimum Gasteiger partial charge on any atom is -0.478 e. The van der Waals surface area contributed by atoms with Gasteiger partial charge in [-0.05, 0) is 58.5 Å². The number of aromatic carboxylic acids is 1. The SMILES string of the molecule is CC(c1ccc(-c2ccc(C(=O)O)c(Cl)c2)cc1Cl)C(c1ccc2oc(=O)n(C)c2c1)C(F)(F)F. The van der Waals surface area contributed by atoms with Gasteiger partial charge in [-0.15, -0.1) is 0 Å². The largest absolute Gasteiger partial charge is 0.478 e. The zero-order valence-corrected chi connectivity index (χ0v) is 19.9. The lowest BCUT2D eigenvalue weighted by Gasteiger charge is -2.28. The summed E-state index contributed by atoms with van der Waals surface area (Å²) in [5, 5.41) is 9.29. The maximum absolute atomic E-state index is 14.3. The Morgan fingerprint density at radius 2 is 1.63 bits per heavy atom. The number of hydrogen-bond acceptors (Lipinski definition) is 3. The highest BCUT2D eigenvalue weighted by Crippen LogP contribution is 2.47. The van der Waals surface area contributed by atoms with Crippen molar-refractivity contribution in [3.8, 4) is 11.1 Å². The van der Waals surface area contributed by atoms with Crippen molar-refractivity contribution < 1.29 is 27.5 Å². The van der Waals surface area contributed by atoms with Gasteiger partial charge in [-0.3, -0.25) is 4.57 Å². The Kier molecular flexibility index (Phi) is 6.46. The molecule has 1 N–H and O–H groups in total. The number of carboxylic acids is 1. The van der Waals surface area contributed by atoms with E-state index in [-0.39, 0.29) is 37.8 Å². The van der Waals surface area contributed by atoms with Gasteiger partial charge in [-0.1, -0.05) is 54.4 Å². The number of aryl methyl sites for hydroxylation is 1. The lowest BCUT2D eigenvalue weighted by molar-refractivity contribution is -0.154. The third kappa shape index (κ3) is 4.68. The monoisotopic (exact) mass is 523 g/mol. The second-order valence-electron chi connectivity index (χ2n) is 8.20. The predicted molar refractivity (Wildman–Crippen MR) is 128 cm³/mol. The molecule has 0 aliphatic rings. The predicted octanol–water partition coefficient (Wildman–Crippen LogP) is 7.25. The van der Waals surface area contributed by atoms with Crippen LogP contribution >= 0.6 is 23.2 Å². The number of nitrogens with zero attached hydrogens (tertiary/aromatic N) is 1. The first-order valence-electron chi connectivity index (χ1n) is 10.4. The van der Waals surface area contributed by atoms with Crippen LogP contribution in [0.5, 0.6) is 0 Å². The quantitative estimate of drug-likeness (QED) is 0.299. The van der Waals surface area contributed by atoms with E-state index in [4.69, 9.17) is 32.7 Å². The Bertz CT molecular complexity index is 1510. The van der Waals surface area contributed by atoms with E-state index in [1.165, 1.54) is 56.4 Å². The van der Waals surface area contributed by atoms with E-state index in [0.29, 0.717) is 11.1 Å². The van der Waals surface area contributed by atoms with Gasteiger partial charge < -0.3 is 9.52 Å². The summed E-state index contributed by atoms with van der Waals surface area (Å²) in [6, 6.07) is 13.0. The van der Waals surface area contributed by atoms with Crippen LogP contribution in [0.2, 0.25) is 10.0 Å². The smallest absolute Gasteiger partial charge is 0.419 e. The molecule has 0 saturated heterocycles. The second-order valence-corrected chi connectivity index (χ2v) is 9.01. The second kappa shape index (κ2) is 9.09. The van der Waals surface area contributed by atoms with E-state index >= 15 is 0 Å². The molecule has 182 valence electrons. The van der Waals surface area contributed by atoms with Gasteiger partial charge in [0.15, 0.2) is 5.58 Å². The Morgan fingerprint density at radius 1 is 1.00 bits per heavy atom. The molecule has 0 aliphatic heterocycles. The Hall–Kier alpha value is -3.23. The fraction of sp³-hybridized carbons (Fsp3) is 0.200. The van der Waals surface area contributed by atoms with Crippen LogP contribution in [0.25, 0.3) is 22.2 Å². The molecule has 3 aromatic carbocycles. The van der Waals surface area contributed by atoms with Gasteiger partial charge >= 0.3 is 17.9 Å². The van der Waals surface area contributed by atoms with E-state index < -0.39 is 29.7 Å². The zero-order chi connectivity index (χ0) is 25.7. The maximum Gasteiger partial charge on any atom is 0.419 e. The van der Waals surface area contributed by atoms with Crippen LogP contribution in [-0.2, 0) is 7.05 Å². The first-order chi connectivity index (χ1) is 16.4. The number of alkyl halides is 3. The standard InChI is InChI=1S/C25H18Cl2F3NO4/c1-12(22(25(28,29)30)15-5-8-21-20(11-15)31(2)24(34)35-21)16-6-3-13(9-18(16)26)14-4-7-17(23(32)33)19(27)10-14/h3-12,22H,1-2H3,(H,32,33). The number of oxazole rings is 1. The topological polar surface area (TPSA) is 72.4 Å². The van der Waals surface area contributed by atoms with Crippen LogP contribution in [0.15, 0.2) is 63.8 Å². The highest BCUT2D eigenvalue weighted by molar-refractivity contribution is 6.34. The van der Waals surface area contributed by atoms with Crippen LogP contribution in [0.4, 0.5) is 13.2 Å². The molecule has 2 unspecified atom stereocenters. The molecule has 4 aromatic rings. The summed E-state index contributed by atoms with van der Waals surface area (Å²) in [6.07, 6.45) is -4.60. The van der Waals surface area contributed by atoms with Crippen molar-refractivity contribution in [1.29, 1.82) is 0 Å². The first-order valence-corrected chi connectivity index (χ1v) is 11.1. The molecule has 10 heteroatoms. The van der Waals surface area contributed by atoms with Gasteiger partial charge in [-0.2, -0.15) is 13.2 Å². The molecule has 0 amide bonds. The lowest BCUT2D eigenvalue weighted by Crippen LogP contribution is -2.26. The van der Waals surface area contributed by atoms with Crippen LogP contribution in [0, 0.1) is 0 Å². The Balaban J connectivity index is 1.74. The molecule has 1 aromatic heterocycles. The number of halogens is 5. The molecule has 2 atom stereocenters. The molecule has 4 rings (SSSR count). The average Bonchev–Trinajstić information content (AvgIpc) is 3.05. The zero-order valence-electron chi connectivity index (χ0n) is 18.4. The molecule has 0 bridgehead atoms. The fourth-order valence-electron chi connectivity index (χ4n) is 4.22. The minimum absolute atomic E-state index is 0.0231. The van der Waals surface area contributed by atoms with Crippen LogP contribution in [-0.4, -0.2) is 21.8 Å². The van der Waals surface area contributed by atoms with Gasteiger partial charge in [0.25, 0.3) is 0 Å². The molecule has 0 spiro atoms. The summed E-state index contributed by atoms with van der Waals surface area (Å²) in [4.78, 5) is 22.9. The van der Waals surface area contributed by atoms with Gasteiger partial charge in [0.2, 0.25) is 0 Å². The number of aromatic nitrogens is 1. The summed E-state index contributed by atoms with van der Waals surface area (Å²) >= 11 is 12.5. The van der Waals surface area contributed by atoms with Crippen molar-refractivity contribution in [2.75, 3.05) is 0 Å². The summed E-state index contributed by atoms with van der Waals surface area (Å²) in [5.74, 6) is -4.79. The highest BCUT2D eigenvalue weighted by atomic mass is 35.5. The summed E-state index contributed by atoms with van der Waals surface area (Å²) in [5.41, 5.74) is 1.80. The third-order valence-corrected chi connectivity index (χ3v) is 6.69. The van der Waals surface area contributed by atoms with Crippen molar-refractivity contribution in [2.45, 2.75) is 24.9 Å². The van der Waals surface area contributed by atoms with Crippen molar-refractivity contribution in [1.82, 2.24) is 4.57 Å². The molecule has 35 heavy (non-hydrogen) atoms. The fourth-order valence-corrected chi connectivity index (χ4v) is 4.84. The van der Waals surface area contributed by atoms with Crippen LogP contribution in [0.1, 0.15) is 40.2 Å². The minimum atomic E-state index is -4.60. The molecule has 1 heterocycles. The average molecular weight is 524 g/mol. The van der Waals surface area contributed by atoms with Gasteiger partial charge in [0.05, 0.1) is 22.0 Å². The van der Waals surface area contributed by atoms with E-state index in [0.717, 1.165) is 4.57 Å². The molecular formula is C25H18Cl2F3NO4. The van der Waals surface area contributed by atoms with Gasteiger partial charge in [0.1, 0.15) is 0 Å². The van der Waals surface area contributed by atoms with Crippen molar-refractivity contribution >= 4 is 40.3 Å². The number of fused-ring (bicyclic) bond motifs is 1. The molecule has 0 radical (unpaired) electrons. The number of carbonyl (C=O) groups is 1. The van der Waals surface area contributed by atoms with Gasteiger partial charge in [0, 0.05) is 12.1 Å². The van der Waals surface area contributed by atoms with Crippen molar-refractivity contribution in [3.05, 3.63) is 91.9 Å².